The van der Waals surface area contributed by atoms with Crippen LogP contribution in [0.5, 0.6) is 0 Å². The quantitative estimate of drug-likeness (QED) is 0.793. The highest BCUT2D eigenvalue weighted by molar-refractivity contribution is 7.98. The molecular formula is C18H21FOS. The van der Waals surface area contributed by atoms with Crippen LogP contribution in [0.2, 0.25) is 0 Å². The molecule has 1 atom stereocenters. The molecule has 112 valence electrons. The average Bonchev–Trinajstić information content (AvgIpc) is 2.38. The van der Waals surface area contributed by atoms with E-state index in [1.165, 1.54) is 22.8 Å². The minimum absolute atomic E-state index is 0.262. The SMILES string of the molecule is Cc1cc(C)cc(CSc2cc(C)c(F)cc2C(C)O)c1. The molecule has 21 heavy (non-hydrogen) atoms. The van der Waals surface area contributed by atoms with E-state index >= 15 is 0 Å². The van der Waals surface area contributed by atoms with Gasteiger partial charge in [0, 0.05) is 10.6 Å². The van der Waals surface area contributed by atoms with Gasteiger partial charge in [-0.25, -0.2) is 4.39 Å². The van der Waals surface area contributed by atoms with E-state index in [0.717, 1.165) is 10.6 Å². The minimum atomic E-state index is -0.665. The molecular weight excluding hydrogens is 283 g/mol. The van der Waals surface area contributed by atoms with E-state index < -0.39 is 6.10 Å². The van der Waals surface area contributed by atoms with Crippen molar-refractivity contribution in [3.8, 4) is 0 Å². The molecule has 0 fully saturated rings. The van der Waals surface area contributed by atoms with Crippen molar-refractivity contribution < 1.29 is 9.50 Å². The first kappa shape index (κ1) is 16.1. The zero-order chi connectivity index (χ0) is 15.6. The van der Waals surface area contributed by atoms with E-state index in [-0.39, 0.29) is 5.82 Å². The molecule has 0 heterocycles. The fourth-order valence-corrected chi connectivity index (χ4v) is 3.58. The molecule has 0 spiro atoms. The summed E-state index contributed by atoms with van der Waals surface area (Å²) in [6, 6.07) is 9.75. The molecule has 1 unspecified atom stereocenters. The number of benzene rings is 2. The number of rotatable bonds is 4. The molecule has 0 bridgehead atoms. The standard InChI is InChI=1S/C18H21FOS/c1-11-5-12(2)7-15(6-11)10-21-18-8-13(3)17(19)9-16(18)14(4)20/h5-9,14,20H,10H2,1-4H3. The van der Waals surface area contributed by atoms with Gasteiger partial charge in [-0.1, -0.05) is 29.3 Å². The van der Waals surface area contributed by atoms with E-state index in [9.17, 15) is 9.50 Å². The van der Waals surface area contributed by atoms with E-state index in [2.05, 4.69) is 32.0 Å². The van der Waals surface area contributed by atoms with Crippen LogP contribution in [-0.4, -0.2) is 5.11 Å². The van der Waals surface area contributed by atoms with Crippen molar-refractivity contribution in [3.63, 3.8) is 0 Å². The number of hydrogen-bond donors (Lipinski definition) is 1. The molecule has 3 heteroatoms. The van der Waals surface area contributed by atoms with Crippen LogP contribution in [0.4, 0.5) is 4.39 Å². The van der Waals surface area contributed by atoms with Crippen LogP contribution in [0.3, 0.4) is 0 Å². The number of aliphatic hydroxyl groups excluding tert-OH is 1. The van der Waals surface area contributed by atoms with Crippen molar-refractivity contribution in [1.29, 1.82) is 0 Å². The Labute approximate surface area is 130 Å². The Balaban J connectivity index is 2.25. The smallest absolute Gasteiger partial charge is 0.126 e. The Morgan fingerprint density at radius 2 is 1.67 bits per heavy atom. The van der Waals surface area contributed by atoms with Crippen LogP contribution in [-0.2, 0) is 5.75 Å². The van der Waals surface area contributed by atoms with Crippen molar-refractivity contribution in [2.24, 2.45) is 0 Å². The van der Waals surface area contributed by atoms with Crippen LogP contribution in [0.15, 0.2) is 35.2 Å². The minimum Gasteiger partial charge on any atom is -0.389 e. The number of halogens is 1. The Morgan fingerprint density at radius 3 is 2.24 bits per heavy atom. The van der Waals surface area contributed by atoms with Crippen molar-refractivity contribution in [2.45, 2.75) is 44.4 Å². The Hall–Kier alpha value is -1.32. The van der Waals surface area contributed by atoms with Gasteiger partial charge < -0.3 is 5.11 Å². The van der Waals surface area contributed by atoms with E-state index in [0.29, 0.717) is 11.1 Å². The Bertz CT molecular complexity index is 630. The summed E-state index contributed by atoms with van der Waals surface area (Å²) in [5, 5.41) is 9.83. The summed E-state index contributed by atoms with van der Waals surface area (Å²) in [5.41, 5.74) is 5.01. The van der Waals surface area contributed by atoms with E-state index in [4.69, 9.17) is 0 Å². The molecule has 1 N–H and O–H groups in total. The second kappa shape index (κ2) is 6.63. The van der Waals surface area contributed by atoms with Gasteiger partial charge in [-0.05, 0) is 56.5 Å². The van der Waals surface area contributed by atoms with Gasteiger partial charge in [0.15, 0.2) is 0 Å². The molecule has 0 aliphatic rings. The number of aliphatic hydroxyl groups is 1. The first-order chi connectivity index (χ1) is 9.86. The maximum atomic E-state index is 13.7. The lowest BCUT2D eigenvalue weighted by Gasteiger charge is -2.14. The normalized spacial score (nSPS) is 12.5. The summed E-state index contributed by atoms with van der Waals surface area (Å²) in [7, 11) is 0. The van der Waals surface area contributed by atoms with Gasteiger partial charge >= 0.3 is 0 Å². The molecule has 2 rings (SSSR count). The van der Waals surface area contributed by atoms with Crippen molar-refractivity contribution in [3.05, 3.63) is 64.0 Å². The lowest BCUT2D eigenvalue weighted by Crippen LogP contribution is -1.98. The van der Waals surface area contributed by atoms with Gasteiger partial charge in [0.1, 0.15) is 5.82 Å². The lowest BCUT2D eigenvalue weighted by molar-refractivity contribution is 0.196. The third-order valence-corrected chi connectivity index (χ3v) is 4.56. The monoisotopic (exact) mass is 304 g/mol. The highest BCUT2D eigenvalue weighted by Gasteiger charge is 2.12. The first-order valence-corrected chi connectivity index (χ1v) is 8.03. The van der Waals surface area contributed by atoms with Gasteiger partial charge in [0.2, 0.25) is 0 Å². The zero-order valence-electron chi connectivity index (χ0n) is 12.9. The van der Waals surface area contributed by atoms with Gasteiger partial charge in [0.05, 0.1) is 6.10 Å². The predicted octanol–water partition coefficient (Wildman–Crippen LogP) is 5.10. The first-order valence-electron chi connectivity index (χ1n) is 7.05. The van der Waals surface area contributed by atoms with Gasteiger partial charge in [-0.2, -0.15) is 0 Å². The number of aryl methyl sites for hydroxylation is 3. The fraction of sp³-hybridized carbons (Fsp3) is 0.333. The maximum Gasteiger partial charge on any atom is 0.126 e. The molecule has 2 aromatic carbocycles. The molecule has 1 nitrogen and oxygen atoms in total. The molecule has 0 radical (unpaired) electrons. The number of hydrogen-bond acceptors (Lipinski definition) is 2. The largest absolute Gasteiger partial charge is 0.389 e. The van der Waals surface area contributed by atoms with Crippen molar-refractivity contribution >= 4 is 11.8 Å². The molecule has 2 aromatic rings. The summed E-state index contributed by atoms with van der Waals surface area (Å²) >= 11 is 1.64. The van der Waals surface area contributed by atoms with Gasteiger partial charge in [-0.15, -0.1) is 11.8 Å². The predicted molar refractivity (Wildman–Crippen MR) is 87.2 cm³/mol. The zero-order valence-corrected chi connectivity index (χ0v) is 13.7. The van der Waals surface area contributed by atoms with Crippen molar-refractivity contribution in [2.75, 3.05) is 0 Å². The second-order valence-electron chi connectivity index (χ2n) is 5.60. The highest BCUT2D eigenvalue weighted by atomic mass is 32.2. The summed E-state index contributed by atoms with van der Waals surface area (Å²) in [6.07, 6.45) is -0.665. The van der Waals surface area contributed by atoms with Crippen LogP contribution < -0.4 is 0 Å². The Morgan fingerprint density at radius 1 is 1.05 bits per heavy atom. The van der Waals surface area contributed by atoms with E-state index in [1.54, 1.807) is 25.6 Å². The molecule has 0 amide bonds. The summed E-state index contributed by atoms with van der Waals surface area (Å²) < 4.78 is 13.7. The van der Waals surface area contributed by atoms with Crippen LogP contribution in [0.25, 0.3) is 0 Å². The summed E-state index contributed by atoms with van der Waals surface area (Å²) in [5.74, 6) is 0.550. The second-order valence-corrected chi connectivity index (χ2v) is 6.62. The third kappa shape index (κ3) is 4.08. The molecule has 0 aromatic heterocycles. The maximum absolute atomic E-state index is 13.7. The lowest BCUT2D eigenvalue weighted by atomic mass is 10.1. The van der Waals surface area contributed by atoms with Crippen LogP contribution in [0.1, 0.15) is 40.8 Å². The van der Waals surface area contributed by atoms with Gasteiger partial charge in [-0.3, -0.25) is 0 Å². The fourth-order valence-electron chi connectivity index (χ4n) is 2.44. The Kier molecular flexibility index (Phi) is 5.07. The van der Waals surface area contributed by atoms with Gasteiger partial charge in [0.25, 0.3) is 0 Å². The summed E-state index contributed by atoms with van der Waals surface area (Å²) in [4.78, 5) is 0.947. The number of thioether (sulfide) groups is 1. The molecule has 0 aliphatic carbocycles. The topological polar surface area (TPSA) is 20.2 Å². The van der Waals surface area contributed by atoms with Crippen LogP contribution in [0, 0.1) is 26.6 Å². The third-order valence-electron chi connectivity index (χ3n) is 3.42. The van der Waals surface area contributed by atoms with E-state index in [1.807, 2.05) is 6.07 Å². The summed E-state index contributed by atoms with van der Waals surface area (Å²) in [6.45, 7) is 7.60. The highest BCUT2D eigenvalue weighted by Crippen LogP contribution is 2.32. The molecule has 0 saturated heterocycles. The van der Waals surface area contributed by atoms with Crippen LogP contribution >= 0.6 is 11.8 Å². The molecule has 0 saturated carbocycles. The molecule has 0 aliphatic heterocycles. The van der Waals surface area contributed by atoms with Crippen molar-refractivity contribution in [1.82, 2.24) is 0 Å². The average molecular weight is 304 g/mol.